The molecule has 4 aliphatic rings. The number of carbonyl (C=O) groups excluding carboxylic acids is 3. The molecule has 2 heterocycles. The maximum absolute atomic E-state index is 14.7. The van der Waals surface area contributed by atoms with E-state index in [0.29, 0.717) is 25.9 Å². The first kappa shape index (κ1) is 23.3. The Morgan fingerprint density at radius 3 is 2.38 bits per heavy atom. The van der Waals surface area contributed by atoms with Crippen LogP contribution in [0.2, 0.25) is 0 Å². The predicted molar refractivity (Wildman–Crippen MR) is 109 cm³/mol. The first-order chi connectivity index (χ1) is 15.0. The van der Waals surface area contributed by atoms with Crippen LogP contribution in [0, 0.1) is 11.3 Å². The molecule has 0 unspecified atom stereocenters. The lowest BCUT2D eigenvalue weighted by atomic mass is 9.72. The van der Waals surface area contributed by atoms with Gasteiger partial charge in [0.1, 0.15) is 0 Å². The third kappa shape index (κ3) is 3.86. The fourth-order valence-electron chi connectivity index (χ4n) is 5.66. The molecule has 2 amide bonds. The van der Waals surface area contributed by atoms with Crippen LogP contribution in [0.5, 0.6) is 0 Å². The van der Waals surface area contributed by atoms with E-state index in [1.165, 1.54) is 0 Å². The van der Waals surface area contributed by atoms with Crippen molar-refractivity contribution in [2.24, 2.45) is 11.3 Å². The molecule has 0 bridgehead atoms. The van der Waals surface area contributed by atoms with Crippen LogP contribution in [0.4, 0.5) is 13.2 Å². The molecule has 4 rings (SSSR count). The lowest BCUT2D eigenvalue weighted by Crippen LogP contribution is -2.67. The molecule has 2 fully saturated rings. The topological polar surface area (TPSA) is 75.7 Å². The molecule has 0 spiro atoms. The molecule has 0 aromatic carbocycles. The van der Waals surface area contributed by atoms with Gasteiger partial charge in [-0.2, -0.15) is 13.2 Å². The van der Waals surface area contributed by atoms with E-state index in [1.807, 2.05) is 0 Å². The number of alkyl halides is 3. The maximum atomic E-state index is 14.7. The normalized spacial score (nSPS) is 31.3. The van der Waals surface area contributed by atoms with Crippen LogP contribution in [0.3, 0.4) is 0 Å². The third-order valence-corrected chi connectivity index (χ3v) is 7.24. The van der Waals surface area contributed by atoms with E-state index >= 15 is 0 Å². The highest BCUT2D eigenvalue weighted by Crippen LogP contribution is 2.52. The number of ether oxygens (including phenoxy) is 1. The fraction of sp³-hybridized carbons (Fsp3) is 0.783. The summed E-state index contributed by atoms with van der Waals surface area (Å²) in [5, 5.41) is 2.09. The van der Waals surface area contributed by atoms with E-state index in [-0.39, 0.29) is 31.2 Å². The highest BCUT2D eigenvalue weighted by atomic mass is 19.4. The van der Waals surface area contributed by atoms with Gasteiger partial charge in [-0.3, -0.25) is 14.4 Å². The molecule has 2 atom stereocenters. The molecule has 178 valence electrons. The van der Waals surface area contributed by atoms with Gasteiger partial charge in [-0.05, 0) is 37.5 Å². The van der Waals surface area contributed by atoms with Crippen LogP contribution in [0.25, 0.3) is 0 Å². The number of nitrogens with one attached hydrogen (secondary N) is 1. The van der Waals surface area contributed by atoms with Crippen molar-refractivity contribution in [3.63, 3.8) is 0 Å². The van der Waals surface area contributed by atoms with Crippen LogP contribution in [-0.4, -0.2) is 53.5 Å². The summed E-state index contributed by atoms with van der Waals surface area (Å²) >= 11 is 0. The molecule has 2 aliphatic carbocycles. The molecule has 0 radical (unpaired) electrons. The van der Waals surface area contributed by atoms with Gasteiger partial charge in [0.25, 0.3) is 5.91 Å². The Morgan fingerprint density at radius 1 is 1.09 bits per heavy atom. The number of rotatable bonds is 4. The zero-order valence-electron chi connectivity index (χ0n) is 18.6. The summed E-state index contributed by atoms with van der Waals surface area (Å²) in [6.45, 7) is 4.05. The average molecular weight is 457 g/mol. The third-order valence-electron chi connectivity index (χ3n) is 7.24. The van der Waals surface area contributed by atoms with Crippen molar-refractivity contribution in [1.29, 1.82) is 0 Å². The van der Waals surface area contributed by atoms with E-state index < -0.39 is 46.2 Å². The van der Waals surface area contributed by atoms with Gasteiger partial charge in [-0.15, -0.1) is 0 Å². The second kappa shape index (κ2) is 8.15. The predicted octanol–water partition coefficient (Wildman–Crippen LogP) is 3.65. The Hall–Kier alpha value is -1.90. The molecule has 2 aliphatic heterocycles. The van der Waals surface area contributed by atoms with Gasteiger partial charge >= 0.3 is 6.18 Å². The van der Waals surface area contributed by atoms with Crippen LogP contribution < -0.4 is 5.32 Å². The quantitative estimate of drug-likeness (QED) is 0.701. The van der Waals surface area contributed by atoms with Crippen molar-refractivity contribution >= 4 is 17.6 Å². The van der Waals surface area contributed by atoms with E-state index in [0.717, 1.165) is 30.6 Å². The van der Waals surface area contributed by atoms with Gasteiger partial charge in [0.15, 0.2) is 5.78 Å². The number of Topliss-reactive ketones (excluding diaryl/α,β-unsaturated/α-hetero) is 1. The molecule has 0 aromatic heterocycles. The first-order valence-corrected chi connectivity index (χ1v) is 11.6. The van der Waals surface area contributed by atoms with Crippen molar-refractivity contribution in [2.75, 3.05) is 13.2 Å². The van der Waals surface area contributed by atoms with Gasteiger partial charge in [-0.1, -0.05) is 33.1 Å². The SMILES string of the molecule is CC1(C)CC(=O)C2=C(C1)N(C[C@@H]1CCCO1)C(=O)[C@]2(NC(=O)C1CCCCC1)C(F)(F)F. The largest absolute Gasteiger partial charge is 0.425 e. The number of nitrogens with zero attached hydrogens (tertiary/aromatic N) is 1. The highest BCUT2D eigenvalue weighted by molar-refractivity contribution is 6.13. The van der Waals surface area contributed by atoms with Crippen molar-refractivity contribution in [2.45, 2.75) is 89.5 Å². The molecule has 1 N–H and O–H groups in total. The Morgan fingerprint density at radius 2 is 1.78 bits per heavy atom. The minimum atomic E-state index is -5.14. The van der Waals surface area contributed by atoms with E-state index in [9.17, 15) is 27.6 Å². The van der Waals surface area contributed by atoms with Crippen molar-refractivity contribution in [3.8, 4) is 0 Å². The zero-order valence-corrected chi connectivity index (χ0v) is 18.6. The number of allylic oxidation sites excluding steroid dienone is 1. The summed E-state index contributed by atoms with van der Waals surface area (Å²) in [5.74, 6) is -3.37. The maximum Gasteiger partial charge on any atom is 0.425 e. The second-order valence-electron chi connectivity index (χ2n) is 10.4. The first-order valence-electron chi connectivity index (χ1n) is 11.6. The van der Waals surface area contributed by atoms with E-state index in [1.54, 1.807) is 13.8 Å². The summed E-state index contributed by atoms with van der Waals surface area (Å²) < 4.78 is 49.8. The number of ketones is 1. The van der Waals surface area contributed by atoms with Gasteiger partial charge in [0.2, 0.25) is 11.4 Å². The van der Waals surface area contributed by atoms with Gasteiger partial charge < -0.3 is 15.0 Å². The van der Waals surface area contributed by atoms with Crippen LogP contribution >= 0.6 is 0 Å². The zero-order chi connectivity index (χ0) is 23.3. The second-order valence-corrected chi connectivity index (χ2v) is 10.4. The standard InChI is InChI=1S/C23H31F3N2O4/c1-21(2)11-16-18(17(29)12-21)22(23(24,25)26,27-19(30)14-7-4-3-5-8-14)20(31)28(16)13-15-9-6-10-32-15/h14-15H,3-13H2,1-2H3,(H,27,30)/t15-,22-/m0/s1. The molecule has 1 saturated carbocycles. The molecular weight excluding hydrogens is 425 g/mol. The Bertz CT molecular complexity index is 839. The van der Waals surface area contributed by atoms with Gasteiger partial charge in [-0.25, -0.2) is 0 Å². The average Bonchev–Trinajstić information content (AvgIpc) is 3.29. The summed E-state index contributed by atoms with van der Waals surface area (Å²) in [7, 11) is 0. The summed E-state index contributed by atoms with van der Waals surface area (Å²) in [5.41, 5.74) is -4.40. The van der Waals surface area contributed by atoms with Gasteiger partial charge in [0.05, 0.1) is 18.2 Å². The minimum absolute atomic E-state index is 0.0435. The van der Waals surface area contributed by atoms with Crippen molar-refractivity contribution in [1.82, 2.24) is 10.2 Å². The van der Waals surface area contributed by atoms with Crippen LogP contribution in [0.1, 0.15) is 71.6 Å². The van der Waals surface area contributed by atoms with E-state index in [4.69, 9.17) is 4.74 Å². The Labute approximate surface area is 185 Å². The molecule has 1 saturated heterocycles. The van der Waals surface area contributed by atoms with E-state index in [2.05, 4.69) is 5.32 Å². The number of carbonyl (C=O) groups is 3. The Balaban J connectivity index is 1.78. The van der Waals surface area contributed by atoms with Crippen molar-refractivity contribution < 1.29 is 32.3 Å². The number of amides is 2. The molecular formula is C23H31F3N2O4. The van der Waals surface area contributed by atoms with Crippen molar-refractivity contribution in [3.05, 3.63) is 11.3 Å². The smallest absolute Gasteiger partial charge is 0.376 e. The Kier molecular flexibility index (Phi) is 5.92. The number of hydrogen-bond acceptors (Lipinski definition) is 4. The lowest BCUT2D eigenvalue weighted by molar-refractivity contribution is -0.195. The lowest BCUT2D eigenvalue weighted by Gasteiger charge is -2.36. The molecule has 32 heavy (non-hydrogen) atoms. The van der Waals surface area contributed by atoms with Crippen LogP contribution in [-0.2, 0) is 19.1 Å². The fourth-order valence-corrected chi connectivity index (χ4v) is 5.66. The molecule has 6 nitrogen and oxygen atoms in total. The summed E-state index contributed by atoms with van der Waals surface area (Å²) in [4.78, 5) is 40.7. The summed E-state index contributed by atoms with van der Waals surface area (Å²) in [6.07, 6.45) is -0.639. The molecule has 0 aromatic rings. The van der Waals surface area contributed by atoms with Crippen LogP contribution in [0.15, 0.2) is 11.3 Å². The highest BCUT2D eigenvalue weighted by Gasteiger charge is 2.71. The number of hydrogen-bond donors (Lipinski definition) is 1. The van der Waals surface area contributed by atoms with Gasteiger partial charge in [0, 0.05) is 24.6 Å². The minimum Gasteiger partial charge on any atom is -0.376 e. The number of halogens is 3. The summed E-state index contributed by atoms with van der Waals surface area (Å²) in [6, 6.07) is 0. The monoisotopic (exact) mass is 456 g/mol. The molecule has 9 heteroatoms.